The predicted octanol–water partition coefficient (Wildman–Crippen LogP) is 4.33. The minimum atomic E-state index is -3.86. The van der Waals surface area contributed by atoms with Crippen molar-refractivity contribution in [3.05, 3.63) is 64.4 Å². The lowest BCUT2D eigenvalue weighted by molar-refractivity contribution is 0.104. The molecule has 0 aliphatic rings. The molecule has 10 heteroatoms. The molecule has 0 bridgehead atoms. The summed E-state index contributed by atoms with van der Waals surface area (Å²) in [5, 5.41) is 4.36. The Labute approximate surface area is 183 Å². The number of nitrogen functional groups attached to an aromatic ring is 1. The number of rotatable bonds is 6. The number of pyridine rings is 1. The fraction of sp³-hybridized carbons (Fsp3) is 0.190. The van der Waals surface area contributed by atoms with Gasteiger partial charge in [0, 0.05) is 22.7 Å². The van der Waals surface area contributed by atoms with Gasteiger partial charge < -0.3 is 10.3 Å². The number of thiophene rings is 1. The Morgan fingerprint density at radius 2 is 1.87 bits per heavy atom. The standard InChI is InChI=1S/C21H20N4O4S2/c1-11(2)16-9-8-15-18(22)20(30-21(15)23-16)19(26)13-4-6-14(7-5-13)31(27,28)25-17-10-12(3)29-24-17/h4-11H,22H2,1-3H3,(H,24,25). The molecule has 1 aromatic carbocycles. The molecule has 3 heterocycles. The summed E-state index contributed by atoms with van der Waals surface area (Å²) in [5.74, 6) is 0.547. The number of ketones is 1. The van der Waals surface area contributed by atoms with E-state index in [1.165, 1.54) is 41.7 Å². The molecule has 4 aromatic rings. The first-order chi connectivity index (χ1) is 14.7. The van der Waals surface area contributed by atoms with E-state index in [0.717, 1.165) is 11.1 Å². The monoisotopic (exact) mass is 456 g/mol. The number of benzene rings is 1. The number of carbonyl (C=O) groups is 1. The number of hydrogen-bond donors (Lipinski definition) is 2. The van der Waals surface area contributed by atoms with Crippen LogP contribution in [0.3, 0.4) is 0 Å². The Morgan fingerprint density at radius 1 is 1.16 bits per heavy atom. The second-order valence-corrected chi connectivity index (χ2v) is 10.1. The van der Waals surface area contributed by atoms with Crippen molar-refractivity contribution in [2.75, 3.05) is 10.5 Å². The highest BCUT2D eigenvalue weighted by Gasteiger charge is 2.21. The molecule has 31 heavy (non-hydrogen) atoms. The Hall–Kier alpha value is -3.24. The number of aryl methyl sites for hydroxylation is 1. The third-order valence-corrected chi connectivity index (χ3v) is 7.19. The smallest absolute Gasteiger partial charge is 0.263 e. The highest BCUT2D eigenvalue weighted by molar-refractivity contribution is 7.92. The van der Waals surface area contributed by atoms with Crippen LogP contribution in [0.25, 0.3) is 10.2 Å². The molecule has 0 saturated heterocycles. The SMILES string of the molecule is Cc1cc(NS(=O)(=O)c2ccc(C(=O)c3sc4nc(C(C)C)ccc4c3N)cc2)no1. The quantitative estimate of drug-likeness (QED) is 0.413. The van der Waals surface area contributed by atoms with Crippen molar-refractivity contribution < 1.29 is 17.7 Å². The van der Waals surface area contributed by atoms with Gasteiger partial charge in [-0.2, -0.15) is 0 Å². The number of fused-ring (bicyclic) bond motifs is 1. The summed E-state index contributed by atoms with van der Waals surface area (Å²) in [5.41, 5.74) is 7.86. The Balaban J connectivity index is 1.62. The van der Waals surface area contributed by atoms with Crippen molar-refractivity contribution in [3.63, 3.8) is 0 Å². The van der Waals surface area contributed by atoms with Gasteiger partial charge in [-0.05, 0) is 49.2 Å². The summed E-state index contributed by atoms with van der Waals surface area (Å²) in [6, 6.07) is 10.9. The lowest BCUT2D eigenvalue weighted by atomic mass is 10.1. The van der Waals surface area contributed by atoms with Gasteiger partial charge in [0.05, 0.1) is 10.6 Å². The van der Waals surface area contributed by atoms with E-state index in [9.17, 15) is 13.2 Å². The largest absolute Gasteiger partial charge is 0.397 e. The first kappa shape index (κ1) is 21.0. The zero-order valence-corrected chi connectivity index (χ0v) is 18.7. The van der Waals surface area contributed by atoms with Crippen molar-refractivity contribution in [1.29, 1.82) is 0 Å². The van der Waals surface area contributed by atoms with Crippen molar-refractivity contribution in [3.8, 4) is 0 Å². The second kappa shape index (κ2) is 7.78. The molecule has 0 saturated carbocycles. The third-order valence-electron chi connectivity index (χ3n) is 4.71. The van der Waals surface area contributed by atoms with Crippen LogP contribution < -0.4 is 10.5 Å². The zero-order chi connectivity index (χ0) is 22.3. The molecule has 0 fully saturated rings. The molecule has 0 atom stereocenters. The van der Waals surface area contributed by atoms with Gasteiger partial charge in [-0.15, -0.1) is 11.3 Å². The summed E-state index contributed by atoms with van der Waals surface area (Å²) in [4.78, 5) is 18.7. The Kier molecular flexibility index (Phi) is 5.28. The fourth-order valence-corrected chi connectivity index (χ4v) is 5.08. The Bertz CT molecular complexity index is 1390. The summed E-state index contributed by atoms with van der Waals surface area (Å²) >= 11 is 1.24. The van der Waals surface area contributed by atoms with Crippen LogP contribution in [0.4, 0.5) is 11.5 Å². The van der Waals surface area contributed by atoms with Crippen molar-refractivity contribution in [2.24, 2.45) is 0 Å². The lowest BCUT2D eigenvalue weighted by Gasteiger charge is -2.06. The maximum absolute atomic E-state index is 13.0. The number of nitrogens with two attached hydrogens (primary N) is 1. The van der Waals surface area contributed by atoms with Crippen LogP contribution in [0.15, 0.2) is 51.9 Å². The maximum atomic E-state index is 13.0. The molecule has 3 N–H and O–H groups in total. The summed E-state index contributed by atoms with van der Waals surface area (Å²) in [6.45, 7) is 5.75. The molecule has 160 valence electrons. The molecule has 0 radical (unpaired) electrons. The van der Waals surface area contributed by atoms with Crippen LogP contribution in [0.1, 0.15) is 46.5 Å². The van der Waals surface area contributed by atoms with E-state index >= 15 is 0 Å². The molecule has 0 aliphatic carbocycles. The molecular weight excluding hydrogens is 436 g/mol. The minimum absolute atomic E-state index is 0.00254. The van der Waals surface area contributed by atoms with E-state index in [-0.39, 0.29) is 22.4 Å². The van der Waals surface area contributed by atoms with Crippen LogP contribution in [0.2, 0.25) is 0 Å². The van der Waals surface area contributed by atoms with Crippen LogP contribution in [0.5, 0.6) is 0 Å². The topological polar surface area (TPSA) is 128 Å². The van der Waals surface area contributed by atoms with E-state index in [1.54, 1.807) is 6.92 Å². The number of nitrogens with one attached hydrogen (secondary N) is 1. The van der Waals surface area contributed by atoms with Crippen LogP contribution in [-0.4, -0.2) is 24.3 Å². The van der Waals surface area contributed by atoms with E-state index in [4.69, 9.17) is 10.3 Å². The highest BCUT2D eigenvalue weighted by Crippen LogP contribution is 2.35. The van der Waals surface area contributed by atoms with Crippen molar-refractivity contribution in [2.45, 2.75) is 31.6 Å². The van der Waals surface area contributed by atoms with Gasteiger partial charge in [-0.1, -0.05) is 19.0 Å². The summed E-state index contributed by atoms with van der Waals surface area (Å²) in [7, 11) is -3.86. The molecule has 0 unspecified atom stereocenters. The number of anilines is 2. The molecule has 0 spiro atoms. The number of carbonyl (C=O) groups excluding carboxylic acids is 1. The molecular formula is C21H20N4O4S2. The lowest BCUT2D eigenvalue weighted by Crippen LogP contribution is -2.13. The average Bonchev–Trinajstić information content (AvgIpc) is 3.29. The molecule has 0 aliphatic heterocycles. The molecule has 3 aromatic heterocycles. The van der Waals surface area contributed by atoms with E-state index in [0.29, 0.717) is 26.7 Å². The van der Waals surface area contributed by atoms with Gasteiger partial charge in [0.15, 0.2) is 5.82 Å². The normalized spacial score (nSPS) is 11.9. The number of nitrogens with zero attached hydrogens (tertiary/aromatic N) is 2. The van der Waals surface area contributed by atoms with Gasteiger partial charge in [-0.25, -0.2) is 13.4 Å². The maximum Gasteiger partial charge on any atom is 0.263 e. The number of sulfonamides is 1. The predicted molar refractivity (Wildman–Crippen MR) is 120 cm³/mol. The van der Waals surface area contributed by atoms with Crippen LogP contribution in [0, 0.1) is 6.92 Å². The fourth-order valence-electron chi connectivity index (χ4n) is 3.03. The first-order valence-electron chi connectivity index (χ1n) is 9.45. The molecule has 4 rings (SSSR count). The Morgan fingerprint density at radius 3 is 2.48 bits per heavy atom. The van der Waals surface area contributed by atoms with Gasteiger partial charge in [-0.3, -0.25) is 9.52 Å². The van der Waals surface area contributed by atoms with Crippen LogP contribution >= 0.6 is 11.3 Å². The summed E-state index contributed by atoms with van der Waals surface area (Å²) in [6.07, 6.45) is 0. The van der Waals surface area contributed by atoms with E-state index in [2.05, 4.69) is 14.9 Å². The first-order valence-corrected chi connectivity index (χ1v) is 11.8. The minimum Gasteiger partial charge on any atom is -0.397 e. The number of aromatic nitrogens is 2. The van der Waals surface area contributed by atoms with Gasteiger partial charge in [0.2, 0.25) is 5.78 Å². The zero-order valence-electron chi connectivity index (χ0n) is 17.0. The molecule has 8 nitrogen and oxygen atoms in total. The van der Waals surface area contributed by atoms with Crippen molar-refractivity contribution >= 4 is 48.9 Å². The number of hydrogen-bond acceptors (Lipinski definition) is 8. The van der Waals surface area contributed by atoms with Gasteiger partial charge in [0.25, 0.3) is 10.0 Å². The second-order valence-electron chi connectivity index (χ2n) is 7.37. The van der Waals surface area contributed by atoms with E-state index < -0.39 is 10.0 Å². The molecule has 0 amide bonds. The van der Waals surface area contributed by atoms with Gasteiger partial charge in [0.1, 0.15) is 15.5 Å². The van der Waals surface area contributed by atoms with Gasteiger partial charge >= 0.3 is 0 Å². The highest BCUT2D eigenvalue weighted by atomic mass is 32.2. The van der Waals surface area contributed by atoms with Crippen molar-refractivity contribution in [1.82, 2.24) is 10.1 Å². The average molecular weight is 457 g/mol. The summed E-state index contributed by atoms with van der Waals surface area (Å²) < 4.78 is 32.2. The third kappa shape index (κ3) is 4.04. The van der Waals surface area contributed by atoms with Crippen LogP contribution in [-0.2, 0) is 10.0 Å². The van der Waals surface area contributed by atoms with E-state index in [1.807, 2.05) is 26.0 Å².